The van der Waals surface area contributed by atoms with Gasteiger partial charge in [-0.3, -0.25) is 4.98 Å². The summed E-state index contributed by atoms with van der Waals surface area (Å²) in [7, 11) is 0. The van der Waals surface area contributed by atoms with Crippen LogP contribution in [0.1, 0.15) is 43.5 Å². The van der Waals surface area contributed by atoms with E-state index in [1.165, 1.54) is 6.42 Å². The Hall–Kier alpha value is -1.75. The van der Waals surface area contributed by atoms with E-state index in [0.29, 0.717) is 5.92 Å². The van der Waals surface area contributed by atoms with E-state index in [-0.39, 0.29) is 6.04 Å². The number of fused-ring (bicyclic) bond motifs is 1. The molecule has 0 fully saturated rings. The van der Waals surface area contributed by atoms with Gasteiger partial charge in [-0.25, -0.2) is 0 Å². The van der Waals surface area contributed by atoms with Crippen molar-refractivity contribution in [3.63, 3.8) is 0 Å². The number of nitrogens with zero attached hydrogens (tertiary/aromatic N) is 4. The third kappa shape index (κ3) is 2.45. The predicted molar refractivity (Wildman–Crippen MR) is 77.3 cm³/mol. The highest BCUT2D eigenvalue weighted by Crippen LogP contribution is 2.24. The molecule has 1 aliphatic rings. The Morgan fingerprint density at radius 2 is 2.35 bits per heavy atom. The van der Waals surface area contributed by atoms with Gasteiger partial charge in [0.15, 0.2) is 5.82 Å². The van der Waals surface area contributed by atoms with E-state index >= 15 is 0 Å². The minimum absolute atomic E-state index is 0.107. The van der Waals surface area contributed by atoms with E-state index in [0.717, 1.165) is 36.7 Å². The second kappa shape index (κ2) is 5.71. The van der Waals surface area contributed by atoms with Gasteiger partial charge in [-0.2, -0.15) is 0 Å². The van der Waals surface area contributed by atoms with Crippen LogP contribution in [0.15, 0.2) is 24.5 Å². The molecule has 5 nitrogen and oxygen atoms in total. The Bertz CT molecular complexity index is 563. The molecule has 0 saturated carbocycles. The highest BCUT2D eigenvalue weighted by Gasteiger charge is 2.26. The Morgan fingerprint density at radius 1 is 1.45 bits per heavy atom. The van der Waals surface area contributed by atoms with Crippen LogP contribution in [-0.2, 0) is 13.0 Å². The largest absolute Gasteiger partial charge is 0.312 e. The van der Waals surface area contributed by atoms with Crippen LogP contribution in [0.3, 0.4) is 0 Å². The molecule has 0 amide bonds. The molecule has 2 aromatic heterocycles. The van der Waals surface area contributed by atoms with Crippen molar-refractivity contribution >= 4 is 0 Å². The number of aromatic nitrogens is 4. The first kappa shape index (κ1) is 13.2. The Morgan fingerprint density at radius 3 is 3.10 bits per heavy atom. The third-order valence-electron chi connectivity index (χ3n) is 4.04. The van der Waals surface area contributed by atoms with Crippen molar-refractivity contribution in [2.24, 2.45) is 5.92 Å². The summed E-state index contributed by atoms with van der Waals surface area (Å²) in [5.74, 6) is 2.78. The SMILES string of the molecule is CCC(C)Cc1nnc2n1CCNC2c1cccnc1. The van der Waals surface area contributed by atoms with Crippen LogP contribution in [0.5, 0.6) is 0 Å². The van der Waals surface area contributed by atoms with E-state index in [2.05, 4.69) is 45.0 Å². The number of rotatable bonds is 4. The molecule has 2 unspecified atom stereocenters. The Balaban J connectivity index is 1.91. The maximum Gasteiger partial charge on any atom is 0.154 e. The summed E-state index contributed by atoms with van der Waals surface area (Å²) < 4.78 is 2.28. The smallest absolute Gasteiger partial charge is 0.154 e. The van der Waals surface area contributed by atoms with Gasteiger partial charge in [-0.15, -0.1) is 10.2 Å². The molecule has 0 bridgehead atoms. The average molecular weight is 271 g/mol. The Kier molecular flexibility index (Phi) is 3.78. The van der Waals surface area contributed by atoms with Gasteiger partial charge in [0.1, 0.15) is 5.82 Å². The van der Waals surface area contributed by atoms with Crippen LogP contribution in [-0.4, -0.2) is 26.3 Å². The van der Waals surface area contributed by atoms with E-state index in [1.807, 2.05) is 12.3 Å². The number of hydrogen-bond donors (Lipinski definition) is 1. The van der Waals surface area contributed by atoms with E-state index in [9.17, 15) is 0 Å². The minimum atomic E-state index is 0.107. The van der Waals surface area contributed by atoms with Crippen molar-refractivity contribution in [2.75, 3.05) is 6.54 Å². The minimum Gasteiger partial charge on any atom is -0.312 e. The topological polar surface area (TPSA) is 55.6 Å². The molecule has 1 aliphatic heterocycles. The van der Waals surface area contributed by atoms with Crippen LogP contribution in [0, 0.1) is 5.92 Å². The van der Waals surface area contributed by atoms with E-state index in [4.69, 9.17) is 0 Å². The molecule has 1 N–H and O–H groups in total. The fraction of sp³-hybridized carbons (Fsp3) is 0.533. The van der Waals surface area contributed by atoms with Gasteiger partial charge >= 0.3 is 0 Å². The van der Waals surface area contributed by atoms with Gasteiger partial charge in [0, 0.05) is 31.9 Å². The molecule has 0 aliphatic carbocycles. The van der Waals surface area contributed by atoms with Crippen molar-refractivity contribution in [2.45, 2.75) is 39.3 Å². The van der Waals surface area contributed by atoms with Crippen LogP contribution in [0.4, 0.5) is 0 Å². The number of pyridine rings is 1. The van der Waals surface area contributed by atoms with Crippen molar-refractivity contribution < 1.29 is 0 Å². The molecule has 2 atom stereocenters. The molecular weight excluding hydrogens is 250 g/mol. The van der Waals surface area contributed by atoms with Crippen LogP contribution < -0.4 is 5.32 Å². The molecule has 3 heterocycles. The highest BCUT2D eigenvalue weighted by molar-refractivity contribution is 5.23. The van der Waals surface area contributed by atoms with Gasteiger partial charge < -0.3 is 9.88 Å². The van der Waals surface area contributed by atoms with Crippen molar-refractivity contribution in [1.29, 1.82) is 0 Å². The molecule has 0 saturated heterocycles. The van der Waals surface area contributed by atoms with Crippen LogP contribution >= 0.6 is 0 Å². The second-order valence-corrected chi connectivity index (χ2v) is 5.52. The zero-order valence-corrected chi connectivity index (χ0v) is 12.1. The zero-order valence-electron chi connectivity index (χ0n) is 12.1. The molecule has 0 aromatic carbocycles. The van der Waals surface area contributed by atoms with Crippen molar-refractivity contribution in [3.05, 3.63) is 41.7 Å². The zero-order chi connectivity index (χ0) is 13.9. The molecule has 0 radical (unpaired) electrons. The lowest BCUT2D eigenvalue weighted by Crippen LogP contribution is -2.35. The number of hydrogen-bond acceptors (Lipinski definition) is 4. The second-order valence-electron chi connectivity index (χ2n) is 5.52. The monoisotopic (exact) mass is 271 g/mol. The normalized spacial score (nSPS) is 19.6. The standard InChI is InChI=1S/C15H21N5/c1-3-11(2)9-13-18-19-15-14(17-7-8-20(13)15)12-5-4-6-16-10-12/h4-6,10-11,14,17H,3,7-9H2,1-2H3. The van der Waals surface area contributed by atoms with Crippen molar-refractivity contribution in [3.8, 4) is 0 Å². The summed E-state index contributed by atoms with van der Waals surface area (Å²) in [6.07, 6.45) is 5.87. The molecule has 3 rings (SSSR count). The van der Waals surface area contributed by atoms with Gasteiger partial charge in [0.25, 0.3) is 0 Å². The fourth-order valence-corrected chi connectivity index (χ4v) is 2.64. The molecular formula is C15H21N5. The molecule has 5 heteroatoms. The summed E-state index contributed by atoms with van der Waals surface area (Å²) >= 11 is 0. The lowest BCUT2D eigenvalue weighted by Gasteiger charge is -2.25. The van der Waals surface area contributed by atoms with E-state index < -0.39 is 0 Å². The van der Waals surface area contributed by atoms with Gasteiger partial charge in [-0.05, 0) is 17.5 Å². The van der Waals surface area contributed by atoms with Crippen molar-refractivity contribution in [1.82, 2.24) is 25.1 Å². The molecule has 2 aromatic rings. The summed E-state index contributed by atoms with van der Waals surface area (Å²) in [5, 5.41) is 12.3. The summed E-state index contributed by atoms with van der Waals surface area (Å²) in [4.78, 5) is 4.20. The Labute approximate surface area is 119 Å². The van der Waals surface area contributed by atoms with Crippen LogP contribution in [0.25, 0.3) is 0 Å². The lowest BCUT2D eigenvalue weighted by atomic mass is 10.0. The van der Waals surface area contributed by atoms with Gasteiger partial charge in [-0.1, -0.05) is 26.3 Å². The first-order valence-corrected chi connectivity index (χ1v) is 7.35. The molecule has 106 valence electrons. The molecule has 0 spiro atoms. The average Bonchev–Trinajstić information content (AvgIpc) is 2.91. The highest BCUT2D eigenvalue weighted by atomic mass is 15.3. The summed E-state index contributed by atoms with van der Waals surface area (Å²) in [6.45, 7) is 6.38. The third-order valence-corrected chi connectivity index (χ3v) is 4.04. The summed E-state index contributed by atoms with van der Waals surface area (Å²) in [5.41, 5.74) is 1.15. The molecule has 20 heavy (non-hydrogen) atoms. The maximum absolute atomic E-state index is 4.42. The predicted octanol–water partition coefficient (Wildman–Crippen LogP) is 1.95. The first-order valence-electron chi connectivity index (χ1n) is 7.35. The van der Waals surface area contributed by atoms with Crippen LogP contribution in [0.2, 0.25) is 0 Å². The number of nitrogens with one attached hydrogen (secondary N) is 1. The van der Waals surface area contributed by atoms with E-state index in [1.54, 1.807) is 6.20 Å². The van der Waals surface area contributed by atoms with Gasteiger partial charge in [0.2, 0.25) is 0 Å². The first-order chi connectivity index (χ1) is 9.79. The quantitative estimate of drug-likeness (QED) is 0.923. The maximum atomic E-state index is 4.42. The fourth-order valence-electron chi connectivity index (χ4n) is 2.64. The lowest BCUT2D eigenvalue weighted by molar-refractivity contribution is 0.435. The summed E-state index contributed by atoms with van der Waals surface area (Å²) in [6, 6.07) is 4.16. The van der Waals surface area contributed by atoms with Gasteiger partial charge in [0.05, 0.1) is 6.04 Å².